The topological polar surface area (TPSA) is 38.5 Å². The second-order valence-corrected chi connectivity index (χ2v) is 5.39. The summed E-state index contributed by atoms with van der Waals surface area (Å²) < 4.78 is 5.74. The largest absolute Gasteiger partial charge is 0.377 e. The van der Waals surface area contributed by atoms with Gasteiger partial charge in [-0.25, -0.2) is 0 Å². The summed E-state index contributed by atoms with van der Waals surface area (Å²) in [6.45, 7) is 4.05. The van der Waals surface area contributed by atoms with Gasteiger partial charge < -0.3 is 15.4 Å². The predicted molar refractivity (Wildman–Crippen MR) is 61.8 cm³/mol. The third kappa shape index (κ3) is 3.16. The molecule has 1 saturated heterocycles. The fourth-order valence-electron chi connectivity index (χ4n) is 2.54. The van der Waals surface area contributed by atoms with Gasteiger partial charge in [0.15, 0.2) is 0 Å². The molecule has 0 aromatic rings. The van der Waals surface area contributed by atoms with E-state index in [9.17, 15) is 0 Å². The van der Waals surface area contributed by atoms with Gasteiger partial charge in [0.25, 0.3) is 0 Å². The van der Waals surface area contributed by atoms with Crippen molar-refractivity contribution < 1.29 is 4.74 Å². The minimum absolute atomic E-state index is 0.462. The molecule has 0 spiro atoms. The van der Waals surface area contributed by atoms with Crippen LogP contribution in [0.5, 0.6) is 0 Å². The summed E-state index contributed by atoms with van der Waals surface area (Å²) in [5.41, 5.74) is 6.25. The summed E-state index contributed by atoms with van der Waals surface area (Å²) in [5.74, 6) is 0. The van der Waals surface area contributed by atoms with E-state index in [1.807, 2.05) is 0 Å². The molecule has 3 nitrogen and oxygen atoms in total. The van der Waals surface area contributed by atoms with E-state index in [1.54, 1.807) is 0 Å². The molecule has 1 aliphatic heterocycles. The van der Waals surface area contributed by atoms with Gasteiger partial charge in [-0.1, -0.05) is 0 Å². The van der Waals surface area contributed by atoms with Gasteiger partial charge in [0, 0.05) is 19.7 Å². The van der Waals surface area contributed by atoms with Crippen molar-refractivity contribution in [3.63, 3.8) is 0 Å². The number of nitrogens with two attached hydrogens (primary N) is 1. The maximum atomic E-state index is 5.79. The van der Waals surface area contributed by atoms with Crippen molar-refractivity contribution in [2.75, 3.05) is 33.3 Å². The van der Waals surface area contributed by atoms with Gasteiger partial charge in [-0.3, -0.25) is 0 Å². The van der Waals surface area contributed by atoms with Gasteiger partial charge in [0.2, 0.25) is 0 Å². The van der Waals surface area contributed by atoms with Gasteiger partial charge in [-0.05, 0) is 51.1 Å². The second-order valence-electron chi connectivity index (χ2n) is 5.39. The average Bonchev–Trinajstić information content (AvgIpc) is 3.00. The second kappa shape index (κ2) is 4.81. The Morgan fingerprint density at radius 3 is 2.73 bits per heavy atom. The molecule has 2 aliphatic rings. The van der Waals surface area contributed by atoms with E-state index in [-0.39, 0.29) is 0 Å². The van der Waals surface area contributed by atoms with E-state index < -0.39 is 0 Å². The van der Waals surface area contributed by atoms with Crippen molar-refractivity contribution in [1.82, 2.24) is 4.90 Å². The van der Waals surface area contributed by atoms with E-state index in [1.165, 1.54) is 32.1 Å². The number of likely N-dealkylation sites (N-methyl/N-ethyl adjacent to an activating group) is 1. The van der Waals surface area contributed by atoms with Crippen LogP contribution < -0.4 is 5.73 Å². The summed E-state index contributed by atoms with van der Waals surface area (Å²) in [6, 6.07) is 0. The number of ether oxygens (including phenoxy) is 1. The minimum Gasteiger partial charge on any atom is -0.377 e. The molecule has 1 heterocycles. The standard InChI is InChI=1S/C12H24N2O/c1-14(10-12(9-13)5-6-12)8-11-4-2-3-7-15-11/h11H,2-10,13H2,1H3. The first kappa shape index (κ1) is 11.4. The van der Waals surface area contributed by atoms with E-state index in [4.69, 9.17) is 10.5 Å². The van der Waals surface area contributed by atoms with E-state index in [0.717, 1.165) is 26.2 Å². The molecule has 0 bridgehead atoms. The number of rotatable bonds is 5. The Balaban J connectivity index is 1.69. The Morgan fingerprint density at radius 2 is 2.20 bits per heavy atom. The number of hydrogen-bond donors (Lipinski definition) is 1. The van der Waals surface area contributed by atoms with Crippen molar-refractivity contribution in [2.24, 2.45) is 11.1 Å². The van der Waals surface area contributed by atoms with Gasteiger partial charge in [-0.2, -0.15) is 0 Å². The lowest BCUT2D eigenvalue weighted by Gasteiger charge is -2.29. The molecule has 0 aromatic carbocycles. The quantitative estimate of drug-likeness (QED) is 0.745. The maximum absolute atomic E-state index is 5.79. The van der Waals surface area contributed by atoms with Gasteiger partial charge in [0.1, 0.15) is 0 Å². The molecule has 1 atom stereocenters. The summed E-state index contributed by atoms with van der Waals surface area (Å²) in [4.78, 5) is 2.41. The first-order chi connectivity index (χ1) is 7.24. The molecule has 1 saturated carbocycles. The molecule has 0 radical (unpaired) electrons. The van der Waals surface area contributed by atoms with Crippen LogP contribution in [0.2, 0.25) is 0 Å². The van der Waals surface area contributed by atoms with Gasteiger partial charge in [-0.15, -0.1) is 0 Å². The third-order valence-electron chi connectivity index (χ3n) is 3.78. The Kier molecular flexibility index (Phi) is 3.65. The molecule has 1 aliphatic carbocycles. The van der Waals surface area contributed by atoms with Gasteiger partial charge >= 0.3 is 0 Å². The maximum Gasteiger partial charge on any atom is 0.0701 e. The van der Waals surface area contributed by atoms with Crippen molar-refractivity contribution in [3.8, 4) is 0 Å². The van der Waals surface area contributed by atoms with Crippen LogP contribution in [0.15, 0.2) is 0 Å². The van der Waals surface area contributed by atoms with E-state index in [2.05, 4.69) is 11.9 Å². The molecule has 2 N–H and O–H groups in total. The van der Waals surface area contributed by atoms with Crippen molar-refractivity contribution >= 4 is 0 Å². The SMILES string of the molecule is CN(CC1CCCCO1)CC1(CN)CC1. The predicted octanol–water partition coefficient (Wildman–Crippen LogP) is 1.23. The summed E-state index contributed by atoms with van der Waals surface area (Å²) in [5, 5.41) is 0. The third-order valence-corrected chi connectivity index (χ3v) is 3.78. The normalized spacial score (nSPS) is 29.4. The smallest absolute Gasteiger partial charge is 0.0701 e. The monoisotopic (exact) mass is 212 g/mol. The zero-order valence-electron chi connectivity index (χ0n) is 9.87. The lowest BCUT2D eigenvalue weighted by atomic mass is 10.1. The van der Waals surface area contributed by atoms with Crippen molar-refractivity contribution in [1.29, 1.82) is 0 Å². The fourth-order valence-corrected chi connectivity index (χ4v) is 2.54. The lowest BCUT2D eigenvalue weighted by molar-refractivity contribution is -0.00393. The molecule has 2 fully saturated rings. The Bertz CT molecular complexity index is 198. The van der Waals surface area contributed by atoms with Crippen molar-refractivity contribution in [3.05, 3.63) is 0 Å². The highest BCUT2D eigenvalue weighted by Crippen LogP contribution is 2.44. The molecular formula is C12H24N2O. The van der Waals surface area contributed by atoms with Crippen LogP contribution in [-0.2, 0) is 4.74 Å². The highest BCUT2D eigenvalue weighted by molar-refractivity contribution is 4.96. The lowest BCUT2D eigenvalue weighted by Crippen LogP contribution is -2.38. The first-order valence-corrected chi connectivity index (χ1v) is 6.24. The summed E-state index contributed by atoms with van der Waals surface area (Å²) in [6.07, 6.45) is 6.92. The molecule has 88 valence electrons. The zero-order valence-corrected chi connectivity index (χ0v) is 9.87. The highest BCUT2D eigenvalue weighted by Gasteiger charge is 2.42. The van der Waals surface area contributed by atoms with Crippen LogP contribution in [0.3, 0.4) is 0 Å². The molecule has 3 heteroatoms. The molecule has 0 amide bonds. The number of nitrogens with zero attached hydrogens (tertiary/aromatic N) is 1. The first-order valence-electron chi connectivity index (χ1n) is 6.24. The molecule has 15 heavy (non-hydrogen) atoms. The Labute approximate surface area is 93.0 Å². The van der Waals surface area contributed by atoms with Crippen LogP contribution >= 0.6 is 0 Å². The van der Waals surface area contributed by atoms with Crippen LogP contribution in [0.4, 0.5) is 0 Å². The molecule has 1 unspecified atom stereocenters. The molecule has 2 rings (SSSR count). The Morgan fingerprint density at radius 1 is 1.40 bits per heavy atom. The fraction of sp³-hybridized carbons (Fsp3) is 1.00. The molecular weight excluding hydrogens is 188 g/mol. The Hall–Kier alpha value is -0.120. The van der Waals surface area contributed by atoms with Gasteiger partial charge in [0.05, 0.1) is 6.10 Å². The van der Waals surface area contributed by atoms with Crippen LogP contribution in [0.25, 0.3) is 0 Å². The van der Waals surface area contributed by atoms with E-state index in [0.29, 0.717) is 11.5 Å². The average molecular weight is 212 g/mol. The van der Waals surface area contributed by atoms with Crippen LogP contribution in [-0.4, -0.2) is 44.3 Å². The van der Waals surface area contributed by atoms with E-state index >= 15 is 0 Å². The van der Waals surface area contributed by atoms with Crippen LogP contribution in [0, 0.1) is 5.41 Å². The highest BCUT2D eigenvalue weighted by atomic mass is 16.5. The minimum atomic E-state index is 0.462. The number of hydrogen-bond acceptors (Lipinski definition) is 3. The molecule has 0 aromatic heterocycles. The van der Waals surface area contributed by atoms with Crippen molar-refractivity contribution in [2.45, 2.75) is 38.2 Å². The summed E-state index contributed by atoms with van der Waals surface area (Å²) in [7, 11) is 2.20. The van der Waals surface area contributed by atoms with Crippen LogP contribution in [0.1, 0.15) is 32.1 Å². The summed E-state index contributed by atoms with van der Waals surface area (Å²) >= 11 is 0. The zero-order chi connectivity index (χ0) is 10.7.